The number of Topliss-reactive ketones (excluding diaryl/α,β-unsaturated/α-hetero) is 2. The highest BCUT2D eigenvalue weighted by molar-refractivity contribution is 6.20. The number of carbonyl (C=O) groups excluding carboxylic acids is 3. The van der Waals surface area contributed by atoms with Gasteiger partial charge in [-0.3, -0.25) is 14.4 Å². The van der Waals surface area contributed by atoms with Crippen molar-refractivity contribution in [3.05, 3.63) is 11.6 Å². The second kappa shape index (κ2) is 8.00. The van der Waals surface area contributed by atoms with Crippen molar-refractivity contribution in [3.8, 4) is 0 Å². The highest BCUT2D eigenvalue weighted by Gasteiger charge is 2.71. The van der Waals surface area contributed by atoms with Crippen molar-refractivity contribution in [3.63, 3.8) is 0 Å². The Morgan fingerprint density at radius 2 is 1.77 bits per heavy atom. The number of esters is 1. The smallest absolute Gasteiger partial charge is 0.308 e. The number of fused-ring (bicyclic) bond motifs is 6. The van der Waals surface area contributed by atoms with Crippen molar-refractivity contribution >= 4 is 17.5 Å². The van der Waals surface area contributed by atoms with E-state index < -0.39 is 23.6 Å². The van der Waals surface area contributed by atoms with Crippen LogP contribution in [0.1, 0.15) is 99.3 Å². The van der Waals surface area contributed by atoms with Crippen LogP contribution in [0.2, 0.25) is 0 Å². The lowest BCUT2D eigenvalue weighted by Gasteiger charge is -2.68. The van der Waals surface area contributed by atoms with Gasteiger partial charge in [0.1, 0.15) is 6.10 Å². The first-order valence-electron chi connectivity index (χ1n) is 13.9. The fourth-order valence-electron chi connectivity index (χ4n) is 10.2. The highest BCUT2D eigenvalue weighted by atomic mass is 16.5. The Labute approximate surface area is 210 Å². The van der Waals surface area contributed by atoms with Crippen molar-refractivity contribution in [2.45, 2.75) is 112 Å². The van der Waals surface area contributed by atoms with Gasteiger partial charge >= 0.3 is 5.97 Å². The van der Waals surface area contributed by atoms with Gasteiger partial charge in [0.25, 0.3) is 0 Å². The average Bonchev–Trinajstić information content (AvgIpc) is 3.38. The number of ether oxygens (including phenoxy) is 1. The molecule has 0 aromatic carbocycles. The third-order valence-electron chi connectivity index (χ3n) is 11.9. The van der Waals surface area contributed by atoms with Gasteiger partial charge in [-0.2, -0.15) is 0 Å². The Bertz CT molecular complexity index is 981. The van der Waals surface area contributed by atoms with Gasteiger partial charge < -0.3 is 9.84 Å². The number of carbonyl (C=O) groups is 3. The fraction of sp³-hybridized carbons (Fsp3) is 0.833. The number of hydrogen-bond donors (Lipinski definition) is 1. The van der Waals surface area contributed by atoms with Crippen LogP contribution in [0.5, 0.6) is 0 Å². The molecule has 5 aliphatic rings. The zero-order chi connectivity index (χ0) is 25.6. The van der Waals surface area contributed by atoms with Gasteiger partial charge in [0.2, 0.25) is 0 Å². The van der Waals surface area contributed by atoms with Crippen LogP contribution in [0.25, 0.3) is 0 Å². The molecule has 0 amide bonds. The summed E-state index contributed by atoms with van der Waals surface area (Å²) in [6, 6.07) is 0. The molecule has 5 nitrogen and oxygen atoms in total. The van der Waals surface area contributed by atoms with E-state index in [4.69, 9.17) is 4.74 Å². The molecule has 0 bridgehead atoms. The molecule has 5 aliphatic carbocycles. The highest BCUT2D eigenvalue weighted by Crippen LogP contribution is 2.77. The molecule has 5 heteroatoms. The summed E-state index contributed by atoms with van der Waals surface area (Å²) in [5, 5.41) is 9.81. The van der Waals surface area contributed by atoms with E-state index in [0.717, 1.165) is 18.8 Å². The summed E-state index contributed by atoms with van der Waals surface area (Å²) in [4.78, 5) is 38.4. The van der Waals surface area contributed by atoms with Crippen LogP contribution in [-0.2, 0) is 19.1 Å². The predicted molar refractivity (Wildman–Crippen MR) is 133 cm³/mol. The molecule has 0 aliphatic heterocycles. The molecular formula is C30H44O5. The number of allylic oxidation sites excluding steroid dienone is 1. The summed E-state index contributed by atoms with van der Waals surface area (Å²) in [7, 11) is 0. The van der Waals surface area contributed by atoms with Gasteiger partial charge in [-0.15, -0.1) is 0 Å². The maximum atomic E-state index is 13.2. The van der Waals surface area contributed by atoms with Crippen LogP contribution in [0, 0.1) is 45.3 Å². The lowest BCUT2D eigenvalue weighted by Crippen LogP contribution is -2.65. The predicted octanol–water partition coefficient (Wildman–Crippen LogP) is 5.43. The molecule has 4 fully saturated rings. The van der Waals surface area contributed by atoms with Crippen molar-refractivity contribution in [2.75, 3.05) is 0 Å². The van der Waals surface area contributed by atoms with Gasteiger partial charge in [0.15, 0.2) is 11.6 Å². The molecule has 0 saturated heterocycles. The Morgan fingerprint density at radius 1 is 1.11 bits per heavy atom. The third-order valence-corrected chi connectivity index (χ3v) is 11.9. The summed E-state index contributed by atoms with van der Waals surface area (Å²) in [5.41, 5.74) is 0.304. The molecule has 194 valence electrons. The minimum Gasteiger partial charge on any atom is -0.461 e. The Hall–Kier alpha value is -1.49. The monoisotopic (exact) mass is 484 g/mol. The standard InChI is InChI=1S/C30H44O5/c1-17-15-30(17)10-7-9-27(4)22(30)8-11-28(5)23-13-21(33)20(19(3)32)16-29(23,6)25(14-24(27)28)35-26(34)12-18(2)31/h16-18,22-25,31H,7-15H2,1-6H3/t17-,18?,22?,23-,24?,25-,27-,28-,29+,30?/m0/s1. The SMILES string of the molecule is CC(=O)C1=C[C@@]2(C)[C@@H](OC(=O)CC(C)O)CC3[C@@]4(C)CCCC5(C[C@@H]5C)C4CC[C@@]3(C)[C@@H]2CC1=O. The quantitative estimate of drug-likeness (QED) is 0.425. The third kappa shape index (κ3) is 3.54. The van der Waals surface area contributed by atoms with Crippen LogP contribution >= 0.6 is 0 Å². The van der Waals surface area contributed by atoms with Crippen molar-refractivity contribution in [2.24, 2.45) is 45.3 Å². The maximum absolute atomic E-state index is 13.2. The molecule has 10 atom stereocenters. The van der Waals surface area contributed by atoms with Crippen LogP contribution < -0.4 is 0 Å². The van der Waals surface area contributed by atoms with Crippen LogP contribution in [-0.4, -0.2) is 34.9 Å². The minimum absolute atomic E-state index is 0.0287. The molecule has 4 saturated carbocycles. The molecule has 0 radical (unpaired) electrons. The van der Waals surface area contributed by atoms with Crippen molar-refractivity contribution in [1.82, 2.24) is 0 Å². The number of aliphatic hydroxyl groups is 1. The Kier molecular flexibility index (Phi) is 5.76. The normalized spacial score (nSPS) is 49.3. The zero-order valence-corrected chi connectivity index (χ0v) is 22.5. The molecule has 1 N–H and O–H groups in total. The van der Waals surface area contributed by atoms with E-state index in [2.05, 4.69) is 27.7 Å². The van der Waals surface area contributed by atoms with Gasteiger partial charge in [0, 0.05) is 11.8 Å². The summed E-state index contributed by atoms with van der Waals surface area (Å²) < 4.78 is 6.18. The molecule has 0 heterocycles. The summed E-state index contributed by atoms with van der Waals surface area (Å²) in [6.07, 6.45) is 9.23. The van der Waals surface area contributed by atoms with Gasteiger partial charge in [0.05, 0.1) is 18.1 Å². The van der Waals surface area contributed by atoms with Crippen molar-refractivity contribution < 1.29 is 24.2 Å². The largest absolute Gasteiger partial charge is 0.461 e. The maximum Gasteiger partial charge on any atom is 0.308 e. The van der Waals surface area contributed by atoms with E-state index in [1.54, 1.807) is 6.92 Å². The first kappa shape index (κ1) is 25.2. The van der Waals surface area contributed by atoms with Gasteiger partial charge in [-0.05, 0) is 92.3 Å². The molecule has 0 aromatic heterocycles. The van der Waals surface area contributed by atoms with E-state index >= 15 is 0 Å². The van der Waals surface area contributed by atoms with Crippen LogP contribution in [0.4, 0.5) is 0 Å². The van der Waals surface area contributed by atoms with Crippen LogP contribution in [0.3, 0.4) is 0 Å². The van der Waals surface area contributed by atoms with E-state index in [1.165, 1.54) is 39.0 Å². The molecular weight excluding hydrogens is 440 g/mol. The summed E-state index contributed by atoms with van der Waals surface area (Å²) in [5.74, 6) is 1.22. The van der Waals surface area contributed by atoms with E-state index in [-0.39, 0.29) is 40.3 Å². The zero-order valence-electron chi connectivity index (χ0n) is 22.5. The average molecular weight is 485 g/mol. The van der Waals surface area contributed by atoms with Gasteiger partial charge in [-0.25, -0.2) is 0 Å². The number of ketones is 2. The first-order chi connectivity index (χ1) is 16.3. The molecule has 1 spiro atoms. The topological polar surface area (TPSA) is 80.7 Å². The van der Waals surface area contributed by atoms with E-state index in [0.29, 0.717) is 23.7 Å². The summed E-state index contributed by atoms with van der Waals surface area (Å²) in [6.45, 7) is 12.5. The lowest BCUT2D eigenvalue weighted by molar-refractivity contribution is -0.219. The van der Waals surface area contributed by atoms with Gasteiger partial charge in [-0.1, -0.05) is 40.2 Å². The Morgan fingerprint density at radius 3 is 2.37 bits per heavy atom. The van der Waals surface area contributed by atoms with E-state index in [1.807, 2.05) is 6.08 Å². The van der Waals surface area contributed by atoms with Crippen molar-refractivity contribution in [1.29, 1.82) is 0 Å². The molecule has 5 rings (SSSR count). The number of rotatable bonds is 4. The molecule has 0 aromatic rings. The van der Waals surface area contributed by atoms with Crippen LogP contribution in [0.15, 0.2) is 11.6 Å². The lowest BCUT2D eigenvalue weighted by atomic mass is 9.36. The minimum atomic E-state index is -0.762. The number of aliphatic hydroxyl groups excluding tert-OH is 1. The molecule has 35 heavy (non-hydrogen) atoms. The summed E-state index contributed by atoms with van der Waals surface area (Å²) >= 11 is 0. The van der Waals surface area contributed by atoms with E-state index in [9.17, 15) is 19.5 Å². The number of hydrogen-bond acceptors (Lipinski definition) is 5. The molecule has 4 unspecified atom stereocenters. The second-order valence-electron chi connectivity index (χ2n) is 13.8. The second-order valence-corrected chi connectivity index (χ2v) is 13.8. The fourth-order valence-corrected chi connectivity index (χ4v) is 10.2. The Balaban J connectivity index is 1.58. The first-order valence-corrected chi connectivity index (χ1v) is 13.9.